The van der Waals surface area contributed by atoms with Crippen molar-refractivity contribution in [1.29, 1.82) is 0 Å². The lowest BCUT2D eigenvalue weighted by Gasteiger charge is -2.12. The summed E-state index contributed by atoms with van der Waals surface area (Å²) >= 11 is 5.32. The Bertz CT molecular complexity index is 564. The van der Waals surface area contributed by atoms with Crippen molar-refractivity contribution in [1.82, 2.24) is 9.78 Å². The van der Waals surface area contributed by atoms with E-state index in [1.807, 2.05) is 18.2 Å². The maximum absolute atomic E-state index is 5.75. The van der Waals surface area contributed by atoms with Crippen LogP contribution in [0.5, 0.6) is 0 Å². The normalized spacial score (nSPS) is 11.2. The van der Waals surface area contributed by atoms with Crippen LogP contribution < -0.4 is 5.73 Å². The average molecular weight is 354 g/mol. The van der Waals surface area contributed by atoms with Crippen LogP contribution in [0, 0.1) is 0 Å². The second kappa shape index (κ2) is 7.18. The fourth-order valence-corrected chi connectivity index (χ4v) is 3.66. The molecule has 2 rings (SSSR count). The Hall–Kier alpha value is -0.940. The first-order valence-electron chi connectivity index (χ1n) is 6.85. The first-order chi connectivity index (χ1) is 9.63. The van der Waals surface area contributed by atoms with Crippen LogP contribution >= 0.6 is 27.7 Å². The molecule has 0 amide bonds. The zero-order valence-electron chi connectivity index (χ0n) is 11.8. The maximum Gasteiger partial charge on any atom is 0.0727 e. The zero-order valence-corrected chi connectivity index (χ0v) is 14.2. The molecule has 0 fully saturated rings. The van der Waals surface area contributed by atoms with Gasteiger partial charge >= 0.3 is 0 Å². The van der Waals surface area contributed by atoms with Gasteiger partial charge in [-0.1, -0.05) is 13.8 Å². The number of halogens is 1. The molecule has 0 unspecified atom stereocenters. The molecule has 3 nitrogen and oxygen atoms in total. The molecule has 20 heavy (non-hydrogen) atoms. The Morgan fingerprint density at radius 3 is 2.70 bits per heavy atom. The molecule has 108 valence electrons. The van der Waals surface area contributed by atoms with Gasteiger partial charge in [-0.2, -0.15) is 5.10 Å². The lowest BCUT2D eigenvalue weighted by Crippen LogP contribution is -2.07. The van der Waals surface area contributed by atoms with E-state index in [2.05, 4.69) is 51.8 Å². The van der Waals surface area contributed by atoms with Crippen molar-refractivity contribution in [2.24, 2.45) is 0 Å². The zero-order chi connectivity index (χ0) is 14.5. The number of hydrogen-bond acceptors (Lipinski definition) is 3. The topological polar surface area (TPSA) is 43.8 Å². The first kappa shape index (κ1) is 15.4. The number of anilines is 1. The van der Waals surface area contributed by atoms with Crippen molar-refractivity contribution in [2.75, 3.05) is 5.73 Å². The van der Waals surface area contributed by atoms with Crippen molar-refractivity contribution in [3.8, 4) is 0 Å². The molecule has 1 heterocycles. The van der Waals surface area contributed by atoms with Crippen LogP contribution in [0.15, 0.2) is 39.8 Å². The highest BCUT2D eigenvalue weighted by atomic mass is 79.9. The molecule has 0 radical (unpaired) electrons. The first-order valence-corrected chi connectivity index (χ1v) is 8.63. The number of hydrogen-bond donors (Lipinski definition) is 1. The van der Waals surface area contributed by atoms with Gasteiger partial charge in [-0.25, -0.2) is 0 Å². The average Bonchev–Trinajstić information content (AvgIpc) is 2.88. The third-order valence-corrected chi connectivity index (χ3v) is 5.34. The van der Waals surface area contributed by atoms with Crippen LogP contribution in [0.2, 0.25) is 0 Å². The van der Waals surface area contributed by atoms with Crippen molar-refractivity contribution >= 4 is 33.4 Å². The van der Waals surface area contributed by atoms with Crippen LogP contribution in [-0.4, -0.2) is 9.78 Å². The molecule has 1 aromatic heterocycles. The van der Waals surface area contributed by atoms with E-state index in [9.17, 15) is 0 Å². The Morgan fingerprint density at radius 1 is 1.30 bits per heavy atom. The molecule has 0 aliphatic heterocycles. The van der Waals surface area contributed by atoms with Gasteiger partial charge in [0, 0.05) is 27.0 Å². The molecular formula is C15H20BrN3S. The minimum atomic E-state index is 0.511. The molecule has 2 N–H and O–H groups in total. The summed E-state index contributed by atoms with van der Waals surface area (Å²) in [5.41, 5.74) is 7.64. The molecule has 0 spiro atoms. The van der Waals surface area contributed by atoms with Crippen LogP contribution in [0.1, 0.15) is 38.4 Å². The molecule has 0 bridgehead atoms. The predicted octanol–water partition coefficient (Wildman–Crippen LogP) is 4.88. The van der Waals surface area contributed by atoms with Crippen molar-refractivity contribution < 1.29 is 0 Å². The van der Waals surface area contributed by atoms with Gasteiger partial charge < -0.3 is 5.73 Å². The highest BCUT2D eigenvalue weighted by Crippen LogP contribution is 2.31. The minimum absolute atomic E-state index is 0.511. The fraction of sp³-hybridized carbons (Fsp3) is 0.400. The summed E-state index contributed by atoms with van der Waals surface area (Å²) in [6, 6.07) is 8.52. The highest BCUT2D eigenvalue weighted by molar-refractivity contribution is 9.10. The summed E-state index contributed by atoms with van der Waals surface area (Å²) in [7, 11) is 0. The van der Waals surface area contributed by atoms with Gasteiger partial charge in [0.1, 0.15) is 0 Å². The molecular weight excluding hydrogens is 334 g/mol. The summed E-state index contributed by atoms with van der Waals surface area (Å²) < 4.78 is 3.13. The van der Waals surface area contributed by atoms with Crippen molar-refractivity contribution in [3.05, 3.63) is 40.6 Å². The molecule has 0 atom stereocenters. The number of aromatic nitrogens is 2. The quantitative estimate of drug-likeness (QED) is 0.594. The van der Waals surface area contributed by atoms with E-state index in [0.717, 1.165) is 34.4 Å². The van der Waals surface area contributed by atoms with Gasteiger partial charge in [0.25, 0.3) is 0 Å². The van der Waals surface area contributed by atoms with E-state index in [4.69, 9.17) is 5.73 Å². The number of nitrogens with zero attached hydrogens (tertiary/aromatic N) is 2. The number of thioether (sulfide) groups is 1. The number of nitrogen functional groups attached to an aromatic ring is 1. The summed E-state index contributed by atoms with van der Waals surface area (Å²) in [6.45, 7) is 4.41. The Kier molecular flexibility index (Phi) is 5.54. The second-order valence-electron chi connectivity index (χ2n) is 4.74. The Balaban J connectivity index is 2.00. The second-order valence-corrected chi connectivity index (χ2v) is 6.61. The smallest absolute Gasteiger partial charge is 0.0727 e. The van der Waals surface area contributed by atoms with Gasteiger partial charge in [-0.3, -0.25) is 4.68 Å². The monoisotopic (exact) mass is 353 g/mol. The van der Waals surface area contributed by atoms with E-state index >= 15 is 0 Å². The van der Waals surface area contributed by atoms with Crippen molar-refractivity contribution in [3.63, 3.8) is 0 Å². The van der Waals surface area contributed by atoms with E-state index in [-0.39, 0.29) is 0 Å². The van der Waals surface area contributed by atoms with E-state index < -0.39 is 0 Å². The van der Waals surface area contributed by atoms with Gasteiger partial charge in [0.15, 0.2) is 0 Å². The number of nitrogens with two attached hydrogens (primary N) is 1. The highest BCUT2D eigenvalue weighted by Gasteiger charge is 2.09. The molecule has 2 aromatic rings. The molecule has 0 saturated carbocycles. The minimum Gasteiger partial charge on any atom is -0.399 e. The number of benzene rings is 1. The molecule has 0 saturated heterocycles. The van der Waals surface area contributed by atoms with Crippen LogP contribution in [0.4, 0.5) is 5.69 Å². The van der Waals surface area contributed by atoms with Crippen LogP contribution in [0.25, 0.3) is 0 Å². The van der Waals surface area contributed by atoms with Gasteiger partial charge in [0.2, 0.25) is 0 Å². The van der Waals surface area contributed by atoms with Gasteiger partial charge in [-0.15, -0.1) is 11.8 Å². The standard InChI is InChI=1S/C15H20BrN3S/c1-3-13(4-2)19-8-7-12(18-19)10-20-15-6-5-11(17)9-14(15)16/h5-9,13H,3-4,10,17H2,1-2H3. The van der Waals surface area contributed by atoms with E-state index in [1.54, 1.807) is 11.8 Å². The van der Waals surface area contributed by atoms with E-state index in [1.165, 1.54) is 4.90 Å². The third-order valence-electron chi connectivity index (χ3n) is 3.31. The molecule has 0 aliphatic carbocycles. The SMILES string of the molecule is CCC(CC)n1ccc(CSc2ccc(N)cc2Br)n1. The van der Waals surface area contributed by atoms with Gasteiger partial charge in [-0.05, 0) is 53.0 Å². The Labute approximate surface area is 133 Å². The van der Waals surface area contributed by atoms with Crippen LogP contribution in [-0.2, 0) is 5.75 Å². The fourth-order valence-electron chi connectivity index (χ4n) is 2.11. The summed E-state index contributed by atoms with van der Waals surface area (Å²) in [5.74, 6) is 0.871. The Morgan fingerprint density at radius 2 is 2.05 bits per heavy atom. The predicted molar refractivity (Wildman–Crippen MR) is 90.0 cm³/mol. The molecule has 0 aliphatic rings. The van der Waals surface area contributed by atoms with Crippen molar-refractivity contribution in [2.45, 2.75) is 43.4 Å². The number of rotatable bonds is 6. The van der Waals surface area contributed by atoms with Crippen LogP contribution in [0.3, 0.4) is 0 Å². The van der Waals surface area contributed by atoms with E-state index in [0.29, 0.717) is 6.04 Å². The summed E-state index contributed by atoms with van der Waals surface area (Å²) in [6.07, 6.45) is 4.33. The molecule has 1 aromatic carbocycles. The molecule has 5 heteroatoms. The maximum atomic E-state index is 5.75. The largest absolute Gasteiger partial charge is 0.399 e. The summed E-state index contributed by atoms with van der Waals surface area (Å²) in [5, 5.41) is 4.67. The lowest BCUT2D eigenvalue weighted by molar-refractivity contribution is 0.426. The summed E-state index contributed by atoms with van der Waals surface area (Å²) in [4.78, 5) is 1.19. The third kappa shape index (κ3) is 3.79. The lowest BCUT2D eigenvalue weighted by atomic mass is 10.2. The van der Waals surface area contributed by atoms with Gasteiger partial charge in [0.05, 0.1) is 11.7 Å².